The Morgan fingerprint density at radius 2 is 2.25 bits per heavy atom. The Hall–Kier alpha value is -1.04. The number of hydrazine groups is 1. The van der Waals surface area contributed by atoms with E-state index in [0.717, 1.165) is 6.54 Å². The van der Waals surface area contributed by atoms with Gasteiger partial charge in [0.1, 0.15) is 6.17 Å². The van der Waals surface area contributed by atoms with Gasteiger partial charge in [-0.25, -0.2) is 0 Å². The van der Waals surface area contributed by atoms with Crippen LogP contribution in [-0.4, -0.2) is 34.4 Å². The summed E-state index contributed by atoms with van der Waals surface area (Å²) in [6, 6.07) is 0. The predicted octanol–water partition coefficient (Wildman–Crippen LogP) is 0.530. The molecule has 12 heavy (non-hydrogen) atoms. The largest absolute Gasteiger partial charge is 0.569 e. The molecule has 0 radical (unpaired) electrons. The zero-order valence-corrected chi connectivity index (χ0v) is 7.69. The molecule has 1 unspecified atom stereocenters. The summed E-state index contributed by atoms with van der Waals surface area (Å²) in [6.07, 6.45) is -0.131. The Bertz CT molecular complexity index is 150. The van der Waals surface area contributed by atoms with Crippen LogP contribution >= 0.6 is 0 Å². The summed E-state index contributed by atoms with van der Waals surface area (Å²) in [6.45, 7) is 6.82. The first-order chi connectivity index (χ1) is 5.67. The third kappa shape index (κ3) is 2.91. The molecule has 0 aliphatic carbocycles. The maximum absolute atomic E-state index is 10.8. The van der Waals surface area contributed by atoms with E-state index in [1.165, 1.54) is 5.01 Å². The molecule has 1 atom stereocenters. The van der Waals surface area contributed by atoms with Crippen molar-refractivity contribution in [3.05, 3.63) is 5.21 Å². The lowest BCUT2D eigenvalue weighted by molar-refractivity contribution is -0.717. The minimum atomic E-state index is -0.131. The van der Waals surface area contributed by atoms with E-state index < -0.39 is 0 Å². The second kappa shape index (κ2) is 5.59. The number of hydrogen-bond donors (Lipinski definition) is 2. The van der Waals surface area contributed by atoms with Gasteiger partial charge < -0.3 is 10.4 Å². The van der Waals surface area contributed by atoms with Crippen molar-refractivity contribution in [2.45, 2.75) is 26.9 Å². The molecule has 6 nitrogen and oxygen atoms in total. The first-order valence-corrected chi connectivity index (χ1v) is 3.99. The van der Waals surface area contributed by atoms with Crippen molar-refractivity contribution in [1.29, 1.82) is 0 Å². The van der Waals surface area contributed by atoms with Crippen molar-refractivity contribution < 1.29 is 10.2 Å². The minimum Gasteiger partial charge on any atom is -0.569 e. The maximum atomic E-state index is 10.8. The summed E-state index contributed by atoms with van der Waals surface area (Å²) < 4.78 is 0. The lowest BCUT2D eigenvalue weighted by atomic mass is 10.5. The molecule has 6 heteroatoms. The van der Waals surface area contributed by atoms with Gasteiger partial charge in [-0.3, -0.25) is 5.32 Å². The van der Waals surface area contributed by atoms with Crippen LogP contribution in [0.5, 0.6) is 0 Å². The van der Waals surface area contributed by atoms with Gasteiger partial charge in [0.2, 0.25) is 5.28 Å². The Kier molecular flexibility index (Phi) is 5.11. The predicted molar refractivity (Wildman–Crippen MR) is 43.4 cm³/mol. The molecule has 0 rings (SSSR count). The van der Waals surface area contributed by atoms with E-state index in [2.05, 4.69) is 10.6 Å². The molecular formula is C6H16N4O2. The standard InChI is InChI=1S/C6H16N4O2/c1-4-7-6(3)9(5-2)10(12)8-11/h6-7,11H,4-5H2,1-3H3/b10-8-. The van der Waals surface area contributed by atoms with Crippen LogP contribution in [0.3, 0.4) is 0 Å². The number of hydrogen-bond acceptors (Lipinski definition) is 3. The molecule has 0 aromatic rings. The van der Waals surface area contributed by atoms with Crippen molar-refractivity contribution in [1.82, 2.24) is 10.3 Å². The van der Waals surface area contributed by atoms with Crippen LogP contribution in [-0.2, 0) is 0 Å². The molecule has 0 aliphatic heterocycles. The maximum Gasteiger partial charge on any atom is 0.230 e. The first kappa shape index (κ1) is 11.0. The van der Waals surface area contributed by atoms with E-state index in [-0.39, 0.29) is 11.1 Å². The highest BCUT2D eigenvalue weighted by Crippen LogP contribution is 1.95. The highest BCUT2D eigenvalue weighted by molar-refractivity contribution is 4.52. The zero-order chi connectivity index (χ0) is 9.56. The topological polar surface area (TPSA) is 73.9 Å². The molecular weight excluding hydrogens is 160 g/mol. The molecule has 0 heterocycles. The van der Waals surface area contributed by atoms with E-state index in [9.17, 15) is 5.21 Å². The lowest BCUT2D eigenvalue weighted by Crippen LogP contribution is -2.46. The van der Waals surface area contributed by atoms with Crippen LogP contribution in [0.2, 0.25) is 0 Å². The molecule has 0 aliphatic rings. The van der Waals surface area contributed by atoms with E-state index in [0.29, 0.717) is 6.54 Å². The molecule has 0 spiro atoms. The monoisotopic (exact) mass is 176 g/mol. The van der Waals surface area contributed by atoms with E-state index >= 15 is 0 Å². The molecule has 0 bridgehead atoms. The highest BCUT2D eigenvalue weighted by Gasteiger charge is 2.17. The zero-order valence-electron chi connectivity index (χ0n) is 7.69. The van der Waals surface area contributed by atoms with Crippen molar-refractivity contribution in [2.75, 3.05) is 13.1 Å². The Balaban J connectivity index is 4.13. The van der Waals surface area contributed by atoms with E-state index in [4.69, 9.17) is 5.21 Å². The van der Waals surface area contributed by atoms with Gasteiger partial charge in [-0.05, 0) is 20.4 Å². The van der Waals surface area contributed by atoms with Gasteiger partial charge >= 0.3 is 0 Å². The molecule has 72 valence electrons. The molecule has 2 N–H and O–H groups in total. The Labute approximate surface area is 72.0 Å². The quantitative estimate of drug-likeness (QED) is 0.277. The lowest BCUT2D eigenvalue weighted by Gasteiger charge is -2.22. The van der Waals surface area contributed by atoms with E-state index in [1.807, 2.05) is 20.8 Å². The molecule has 0 fully saturated rings. The second-order valence-corrected chi connectivity index (χ2v) is 2.33. The van der Waals surface area contributed by atoms with Crippen LogP contribution in [0.4, 0.5) is 0 Å². The van der Waals surface area contributed by atoms with Crippen molar-refractivity contribution in [2.24, 2.45) is 5.28 Å². The third-order valence-corrected chi connectivity index (χ3v) is 1.57. The van der Waals surface area contributed by atoms with Gasteiger partial charge in [-0.1, -0.05) is 6.92 Å². The first-order valence-electron chi connectivity index (χ1n) is 3.99. The van der Waals surface area contributed by atoms with Crippen LogP contribution in [0.25, 0.3) is 0 Å². The molecule has 0 saturated heterocycles. The van der Waals surface area contributed by atoms with Crippen molar-refractivity contribution in [3.63, 3.8) is 0 Å². The fraction of sp³-hybridized carbons (Fsp3) is 1.00. The van der Waals surface area contributed by atoms with Crippen LogP contribution in [0.15, 0.2) is 5.28 Å². The van der Waals surface area contributed by atoms with Gasteiger partial charge in [0, 0.05) is 0 Å². The van der Waals surface area contributed by atoms with Gasteiger partial charge in [0.15, 0.2) is 0 Å². The smallest absolute Gasteiger partial charge is 0.230 e. The van der Waals surface area contributed by atoms with Crippen LogP contribution in [0, 0.1) is 5.21 Å². The average molecular weight is 176 g/mol. The number of nitrogens with zero attached hydrogens (tertiary/aromatic N) is 3. The summed E-state index contributed by atoms with van der Waals surface area (Å²) in [5, 5.41) is 26.0. The summed E-state index contributed by atoms with van der Waals surface area (Å²) in [5.41, 5.74) is 0. The highest BCUT2D eigenvalue weighted by atomic mass is 16.6. The summed E-state index contributed by atoms with van der Waals surface area (Å²) in [5.74, 6) is 0. The average Bonchev–Trinajstić information content (AvgIpc) is 2.06. The van der Waals surface area contributed by atoms with E-state index in [1.54, 1.807) is 0 Å². The Morgan fingerprint density at radius 3 is 2.58 bits per heavy atom. The molecule has 0 aromatic carbocycles. The second-order valence-electron chi connectivity index (χ2n) is 2.33. The van der Waals surface area contributed by atoms with Gasteiger partial charge in [-0.2, -0.15) is 0 Å². The third-order valence-electron chi connectivity index (χ3n) is 1.57. The summed E-state index contributed by atoms with van der Waals surface area (Å²) in [4.78, 5) is 0.174. The van der Waals surface area contributed by atoms with Crippen molar-refractivity contribution >= 4 is 0 Å². The normalized spacial score (nSPS) is 14.4. The fourth-order valence-corrected chi connectivity index (χ4v) is 0.995. The molecule has 0 saturated carbocycles. The van der Waals surface area contributed by atoms with Crippen molar-refractivity contribution in [3.8, 4) is 0 Å². The van der Waals surface area contributed by atoms with Crippen LogP contribution < -0.4 is 5.32 Å². The SMILES string of the molecule is CCNC(C)N(CC)/[N+]([O-])=N/O. The Morgan fingerprint density at radius 1 is 1.67 bits per heavy atom. The van der Waals surface area contributed by atoms with Gasteiger partial charge in [0.05, 0.1) is 11.5 Å². The number of nitrogens with one attached hydrogen (secondary N) is 1. The summed E-state index contributed by atoms with van der Waals surface area (Å²) in [7, 11) is 0. The van der Waals surface area contributed by atoms with Gasteiger partial charge in [0.25, 0.3) is 0 Å². The fourth-order valence-electron chi connectivity index (χ4n) is 0.995. The summed E-state index contributed by atoms with van der Waals surface area (Å²) >= 11 is 0. The minimum absolute atomic E-state index is 0.131. The van der Waals surface area contributed by atoms with Crippen LogP contribution in [0.1, 0.15) is 20.8 Å². The number of rotatable bonds is 5. The molecule has 0 amide bonds. The molecule has 0 aromatic heterocycles. The van der Waals surface area contributed by atoms with Gasteiger partial charge in [-0.15, -0.1) is 5.01 Å².